The highest BCUT2D eigenvalue weighted by Gasteiger charge is 2.23. The number of ether oxygens (including phenoxy) is 9. The second kappa shape index (κ2) is 46.3. The lowest BCUT2D eigenvalue weighted by atomic mass is 10.1. The number of rotatable bonds is 20. The van der Waals surface area contributed by atoms with Gasteiger partial charge in [0, 0.05) is 58.8 Å². The number of esters is 6. The quantitative estimate of drug-likeness (QED) is 0.0180. The minimum absolute atomic E-state index is 0.0175. The van der Waals surface area contributed by atoms with Gasteiger partial charge in [-0.25, -0.2) is 43.2 Å². The molecule has 0 aliphatic heterocycles. The average Bonchev–Trinajstić information content (AvgIpc) is 1.69. The molecular formula is C70H73ClN13O24+. The van der Waals surface area contributed by atoms with Gasteiger partial charge in [0.05, 0.1) is 90.2 Å². The molecule has 10 rings (SSSR count). The number of hydrogen-bond donors (Lipinski definition) is 7. The normalized spacial score (nSPS) is 10.3. The zero-order valence-corrected chi connectivity index (χ0v) is 60.1. The number of nitrogens with one attached hydrogen (secondary N) is 2. The maximum absolute atomic E-state index is 11.8. The van der Waals surface area contributed by atoms with Crippen LogP contribution in [0.2, 0.25) is 0 Å². The largest absolute Gasteiger partial charge is 0.497 e. The van der Waals surface area contributed by atoms with Gasteiger partial charge < -0.3 is 68.8 Å². The number of hydrogen-bond acceptors (Lipinski definition) is 27. The topological polar surface area (TPSA) is 530 Å². The van der Waals surface area contributed by atoms with Crippen LogP contribution >= 0.6 is 11.6 Å². The molecule has 1 amide bonds. The zero-order valence-electron chi connectivity index (χ0n) is 59.3. The SMILES string of the molecule is COC(=O)c1cc(C(=O)O)nn1Cc1ccc(OC)cc1.COC(=O)c1cc(C(=O)OC)[nH]n1.COC(=O)c1cc(C(=O)OC)n(Cc2ccc(OC)cc2)n1.COC(=O)c1cc(C(N)=O)nn1Cc1ccc(OC)cc1.C[O+]=C1C=CC(=CCl)C=C1.N#N.O=C(O)c1cc(C(=O)O)[nH]n1.OCc1ccccc1. The van der Waals surface area contributed by atoms with Crippen molar-refractivity contribution in [2.75, 3.05) is 71.1 Å². The van der Waals surface area contributed by atoms with Crippen LogP contribution in [0, 0.1) is 10.8 Å². The lowest BCUT2D eigenvalue weighted by molar-refractivity contribution is -0.417. The number of carboxylic acid groups (broad SMARTS) is 3. The van der Waals surface area contributed by atoms with Gasteiger partial charge in [0.1, 0.15) is 45.7 Å². The number of amides is 1. The maximum Gasteiger partial charge on any atom is 0.358 e. The van der Waals surface area contributed by atoms with Crippen LogP contribution in [-0.4, -0.2) is 207 Å². The number of aliphatic hydroxyl groups is 1. The van der Waals surface area contributed by atoms with Gasteiger partial charge in [0.25, 0.3) is 13.0 Å². The molecule has 0 spiro atoms. The van der Waals surface area contributed by atoms with Crippen LogP contribution in [-0.2, 0) is 59.1 Å². The van der Waals surface area contributed by atoms with E-state index in [1.165, 1.54) is 86.5 Å². The van der Waals surface area contributed by atoms with Gasteiger partial charge >= 0.3 is 59.5 Å². The van der Waals surface area contributed by atoms with Crippen molar-refractivity contribution in [2.45, 2.75) is 26.2 Å². The first-order chi connectivity index (χ1) is 51.8. The number of halogens is 1. The third-order valence-corrected chi connectivity index (χ3v) is 13.8. The van der Waals surface area contributed by atoms with Gasteiger partial charge in [-0.15, -0.1) is 0 Å². The molecule has 5 heterocycles. The summed E-state index contributed by atoms with van der Waals surface area (Å²) in [5, 5.41) is 69.3. The van der Waals surface area contributed by atoms with Crippen LogP contribution in [0.1, 0.15) is 127 Å². The number of primary amides is 1. The smallest absolute Gasteiger partial charge is 0.358 e. The van der Waals surface area contributed by atoms with Crippen molar-refractivity contribution < 1.29 is 115 Å². The van der Waals surface area contributed by atoms with Crippen molar-refractivity contribution in [3.8, 4) is 17.2 Å². The number of carboxylic acids is 3. The van der Waals surface area contributed by atoms with Crippen molar-refractivity contribution in [1.82, 2.24) is 49.7 Å². The Morgan fingerprint density at radius 2 is 0.796 bits per heavy atom. The number of methoxy groups -OCH3 is 9. The number of carbonyl (C=O) groups excluding carboxylic acids is 8. The van der Waals surface area contributed by atoms with E-state index in [1.54, 1.807) is 64.8 Å². The van der Waals surface area contributed by atoms with Crippen LogP contribution in [0.4, 0.5) is 0 Å². The number of benzene rings is 4. The average molecular weight is 1520 g/mol. The molecule has 38 heteroatoms. The summed E-state index contributed by atoms with van der Waals surface area (Å²) >= 11 is 5.46. The summed E-state index contributed by atoms with van der Waals surface area (Å²) < 4.78 is 51.7. The predicted octanol–water partition coefficient (Wildman–Crippen LogP) is 6.73. The van der Waals surface area contributed by atoms with Crippen LogP contribution < -0.4 is 19.9 Å². The van der Waals surface area contributed by atoms with Crippen LogP contribution in [0.15, 0.2) is 169 Å². The molecule has 0 unspecified atom stereocenters. The Balaban J connectivity index is 0.000000334. The highest BCUT2D eigenvalue weighted by atomic mass is 35.5. The zero-order chi connectivity index (χ0) is 80.4. The second-order valence-corrected chi connectivity index (χ2v) is 20.6. The number of ketones is 1. The lowest BCUT2D eigenvalue weighted by Crippen LogP contribution is -2.14. The molecule has 4 aromatic carbocycles. The van der Waals surface area contributed by atoms with Crippen LogP contribution in [0.25, 0.3) is 0 Å². The fourth-order valence-corrected chi connectivity index (χ4v) is 8.25. The Morgan fingerprint density at radius 3 is 1.12 bits per heavy atom. The summed E-state index contributed by atoms with van der Waals surface area (Å²) in [5.41, 5.74) is 11.2. The van der Waals surface area contributed by atoms with E-state index in [1.807, 2.05) is 91.0 Å². The number of aromatic nitrogens is 10. The van der Waals surface area contributed by atoms with Gasteiger partial charge in [-0.3, -0.25) is 33.5 Å². The Bertz CT molecular complexity index is 4410. The first-order valence-electron chi connectivity index (χ1n) is 30.4. The molecule has 0 atom stereocenters. The number of nitrogens with two attached hydrogens (primary N) is 1. The van der Waals surface area contributed by atoms with E-state index in [9.17, 15) is 47.9 Å². The first-order valence-corrected chi connectivity index (χ1v) is 30.9. The molecule has 568 valence electrons. The number of aliphatic hydroxyl groups excluding tert-OH is 1. The summed E-state index contributed by atoms with van der Waals surface area (Å²) in [5.74, 6) is -4.96. The highest BCUT2D eigenvalue weighted by Crippen LogP contribution is 2.19. The summed E-state index contributed by atoms with van der Waals surface area (Å²) in [7, 11) is 13.8. The molecule has 37 nitrogen and oxygen atoms in total. The van der Waals surface area contributed by atoms with E-state index in [0.717, 1.165) is 51.2 Å². The van der Waals surface area contributed by atoms with Crippen molar-refractivity contribution in [3.63, 3.8) is 0 Å². The van der Waals surface area contributed by atoms with E-state index < -0.39 is 59.6 Å². The van der Waals surface area contributed by atoms with Gasteiger partial charge in [0.2, 0.25) is 0 Å². The second-order valence-electron chi connectivity index (χ2n) is 20.4. The van der Waals surface area contributed by atoms with Gasteiger partial charge in [-0.1, -0.05) is 78.3 Å². The van der Waals surface area contributed by atoms with Crippen molar-refractivity contribution in [1.29, 1.82) is 10.8 Å². The molecule has 5 aromatic heterocycles. The fourth-order valence-electron chi connectivity index (χ4n) is 8.11. The molecule has 1 aliphatic rings. The molecule has 0 fully saturated rings. The van der Waals surface area contributed by atoms with Gasteiger partial charge in [-0.2, -0.15) is 25.5 Å². The van der Waals surface area contributed by atoms with E-state index in [2.05, 4.69) is 59.4 Å². The molecule has 1 aliphatic carbocycles. The molecular weight excluding hydrogens is 1440 g/mol. The number of H-pyrrole nitrogens is 2. The summed E-state index contributed by atoms with van der Waals surface area (Å²) in [6, 6.07) is 37.3. The summed E-state index contributed by atoms with van der Waals surface area (Å²) in [6.45, 7) is 1.01. The molecule has 0 bridgehead atoms. The number of aromatic carboxylic acids is 3. The Hall–Kier alpha value is -14.4. The van der Waals surface area contributed by atoms with E-state index >= 15 is 0 Å². The molecule has 0 saturated heterocycles. The predicted molar refractivity (Wildman–Crippen MR) is 377 cm³/mol. The third-order valence-electron chi connectivity index (χ3n) is 13.5. The standard InChI is InChI=1S/C15H16N2O5.C14H15N3O4.C14H14N2O5.C8H8ClO.C7H8N2O4.C7H8O.C5H4N2O4.N2/c1-20-11-6-4-10(5-7-11)9-17-13(15(19)22-3)8-12(16-17)14(18)21-2;1-20-10-5-3-9(4-6-10)8-17-12(14(19)21-2)7-11(16-17)13(15)18;1-20-10-5-3-9(4-6-10)8-16-12(14(19)21-2)7-11(15-16)13(17)18;1-10-8-4-2-7(6-9)3-5-8;1-12-6(10)4-3-5(9-8-4)7(11)13-2;8-6-7-4-2-1-3-5-7;8-4(9)2-1-3(5(10)11)7-6-2;1-2/h4-8H,9H2,1-3H3;3-7H,8H2,1-2H3,(H2,15,18);3-7H,8H2,1-2H3,(H,17,18);2-6H,1H3;3H,1-2H3,(H,8,9);1-5,8H,6H2;1H,(H,6,7)(H,8,9)(H,10,11);/q;;;+1;;;;. The lowest BCUT2D eigenvalue weighted by Gasteiger charge is -2.07. The Labute approximate surface area is 618 Å². The minimum Gasteiger partial charge on any atom is -0.497 e. The van der Waals surface area contributed by atoms with Crippen molar-refractivity contribution in [2.24, 2.45) is 5.73 Å². The van der Waals surface area contributed by atoms with Crippen LogP contribution in [0.5, 0.6) is 17.2 Å². The summed E-state index contributed by atoms with van der Waals surface area (Å²) in [6.07, 6.45) is 7.53. The van der Waals surface area contributed by atoms with E-state index in [-0.39, 0.29) is 70.1 Å². The number of nitrogens with zero attached hydrogens (tertiary/aromatic N) is 10. The van der Waals surface area contributed by atoms with Crippen molar-refractivity contribution >= 4 is 77.0 Å². The Kier molecular flexibility index (Phi) is 37.6. The van der Waals surface area contributed by atoms with Gasteiger partial charge in [0.15, 0.2) is 28.5 Å². The summed E-state index contributed by atoms with van der Waals surface area (Å²) in [4.78, 5) is 111. The number of aromatic amines is 2. The Morgan fingerprint density at radius 1 is 0.444 bits per heavy atom. The molecule has 0 saturated carbocycles. The molecule has 9 aromatic rings. The molecule has 8 N–H and O–H groups in total. The van der Waals surface area contributed by atoms with E-state index in [4.69, 9.17) is 71.9 Å². The number of carbonyl (C=O) groups is 10. The molecule has 0 radical (unpaired) electrons. The van der Waals surface area contributed by atoms with Crippen LogP contribution in [0.3, 0.4) is 0 Å². The van der Waals surface area contributed by atoms with Crippen molar-refractivity contribution in [3.05, 3.63) is 248 Å². The maximum atomic E-state index is 11.8. The third kappa shape index (κ3) is 28.1. The first kappa shape index (κ1) is 87.8. The van der Waals surface area contributed by atoms with Gasteiger partial charge in [-0.05, 0) is 76.4 Å². The molecule has 108 heavy (non-hydrogen) atoms. The highest BCUT2D eigenvalue weighted by molar-refractivity contribution is 6.26. The monoisotopic (exact) mass is 1510 g/mol. The van der Waals surface area contributed by atoms with E-state index in [0.29, 0.717) is 18.8 Å². The number of allylic oxidation sites excluding steroid dienone is 5. The minimum atomic E-state index is -1.26. The fraction of sp³-hybridized carbons (Fsp3) is 0.200.